The van der Waals surface area contributed by atoms with Gasteiger partial charge < -0.3 is 25.4 Å². The van der Waals surface area contributed by atoms with Crippen LogP contribution in [0, 0.1) is 11.8 Å². The van der Waals surface area contributed by atoms with Gasteiger partial charge in [0.25, 0.3) is 0 Å². The monoisotopic (exact) mass is 435 g/mol. The number of hydrogen-bond acceptors (Lipinski definition) is 6. The molecule has 0 heterocycles. The molecule has 0 fully saturated rings. The first kappa shape index (κ1) is 25.9. The molecule has 9 nitrogen and oxygen atoms in total. The van der Waals surface area contributed by atoms with Gasteiger partial charge >= 0.3 is 12.1 Å². The van der Waals surface area contributed by atoms with E-state index in [4.69, 9.17) is 4.74 Å². The quantitative estimate of drug-likeness (QED) is 0.455. The third-order valence-corrected chi connectivity index (χ3v) is 4.41. The van der Waals surface area contributed by atoms with E-state index in [1.807, 2.05) is 44.2 Å². The molecule has 0 bridgehead atoms. The first-order valence-corrected chi connectivity index (χ1v) is 10.3. The molecule has 0 unspecified atom stereocenters. The van der Waals surface area contributed by atoms with E-state index in [1.54, 1.807) is 13.8 Å². The molecule has 1 aromatic carbocycles. The van der Waals surface area contributed by atoms with Crippen molar-refractivity contribution >= 4 is 23.9 Å². The zero-order valence-corrected chi connectivity index (χ0v) is 18.8. The average Bonchev–Trinajstić information content (AvgIpc) is 2.73. The van der Waals surface area contributed by atoms with Gasteiger partial charge in [-0.25, -0.2) is 4.79 Å². The van der Waals surface area contributed by atoms with Crippen LogP contribution in [0.1, 0.15) is 39.7 Å². The van der Waals surface area contributed by atoms with Crippen molar-refractivity contribution in [2.24, 2.45) is 11.8 Å². The lowest BCUT2D eigenvalue weighted by Crippen LogP contribution is -2.56. The number of amides is 3. The highest BCUT2D eigenvalue weighted by Crippen LogP contribution is 2.09. The fraction of sp³-hybridized carbons (Fsp3) is 0.545. The molecule has 0 saturated heterocycles. The Hall–Kier alpha value is -3.10. The molecular formula is C22H33N3O6. The van der Waals surface area contributed by atoms with Gasteiger partial charge in [0, 0.05) is 0 Å². The summed E-state index contributed by atoms with van der Waals surface area (Å²) < 4.78 is 9.71. The third kappa shape index (κ3) is 9.97. The molecule has 3 amide bonds. The van der Waals surface area contributed by atoms with E-state index < -0.39 is 36.0 Å². The highest BCUT2D eigenvalue weighted by Gasteiger charge is 2.29. The summed E-state index contributed by atoms with van der Waals surface area (Å²) >= 11 is 0. The van der Waals surface area contributed by atoms with Crippen LogP contribution in [0.5, 0.6) is 0 Å². The third-order valence-electron chi connectivity index (χ3n) is 4.41. The minimum atomic E-state index is -0.881. The highest BCUT2D eigenvalue weighted by atomic mass is 16.5. The fourth-order valence-corrected chi connectivity index (χ4v) is 2.74. The van der Waals surface area contributed by atoms with Gasteiger partial charge in [-0.05, 0) is 23.8 Å². The predicted octanol–water partition coefficient (Wildman–Crippen LogP) is 1.76. The fourth-order valence-electron chi connectivity index (χ4n) is 2.74. The van der Waals surface area contributed by atoms with Crippen LogP contribution >= 0.6 is 0 Å². The van der Waals surface area contributed by atoms with Crippen LogP contribution in [-0.4, -0.2) is 49.6 Å². The van der Waals surface area contributed by atoms with Gasteiger partial charge in [0.1, 0.15) is 25.2 Å². The van der Waals surface area contributed by atoms with Crippen molar-refractivity contribution in [3.63, 3.8) is 0 Å². The van der Waals surface area contributed by atoms with E-state index in [0.717, 1.165) is 5.56 Å². The average molecular weight is 436 g/mol. The molecule has 172 valence electrons. The second-order valence-electron chi connectivity index (χ2n) is 7.91. The minimum absolute atomic E-state index is 0.0766. The molecule has 0 aliphatic carbocycles. The summed E-state index contributed by atoms with van der Waals surface area (Å²) in [5.41, 5.74) is 0.824. The molecule has 1 aromatic rings. The Morgan fingerprint density at radius 2 is 1.58 bits per heavy atom. The summed E-state index contributed by atoms with van der Waals surface area (Å²) in [6.45, 7) is 7.14. The SMILES string of the molecule is COC(=O)CNC(=O)[C@@H](NC(=O)[C@H](CC(C)C)NC(=O)OCc1ccccc1)C(C)C. The Morgan fingerprint density at radius 1 is 0.935 bits per heavy atom. The first-order chi connectivity index (χ1) is 14.6. The lowest BCUT2D eigenvalue weighted by molar-refractivity contribution is -0.141. The van der Waals surface area contributed by atoms with E-state index >= 15 is 0 Å². The Labute approximate surface area is 183 Å². The summed E-state index contributed by atoms with van der Waals surface area (Å²) in [7, 11) is 1.22. The number of rotatable bonds is 11. The van der Waals surface area contributed by atoms with Gasteiger partial charge in [-0.3, -0.25) is 14.4 Å². The molecule has 0 radical (unpaired) electrons. The van der Waals surface area contributed by atoms with Crippen molar-refractivity contribution in [3.8, 4) is 0 Å². The summed E-state index contributed by atoms with van der Waals surface area (Å²) in [5.74, 6) is -1.74. The molecule has 3 N–H and O–H groups in total. The number of alkyl carbamates (subject to hydrolysis) is 1. The number of ether oxygens (including phenoxy) is 2. The standard InChI is InChI=1S/C22H33N3O6/c1-14(2)11-17(24-22(29)31-13-16-9-7-6-8-10-16)20(27)25-19(15(3)4)21(28)23-12-18(26)30-5/h6-10,14-15,17,19H,11-13H2,1-5H3,(H,23,28)(H,24,29)(H,25,27)/t17-,19-/m0/s1. The normalized spacial score (nSPS) is 12.6. The summed E-state index contributed by atoms with van der Waals surface area (Å²) in [4.78, 5) is 48.8. The number of benzene rings is 1. The molecule has 0 aliphatic heterocycles. The largest absolute Gasteiger partial charge is 0.468 e. The molecule has 0 spiro atoms. The minimum Gasteiger partial charge on any atom is -0.468 e. The topological polar surface area (TPSA) is 123 Å². The predicted molar refractivity (Wildman–Crippen MR) is 115 cm³/mol. The number of carbonyl (C=O) groups excluding carboxylic acids is 4. The summed E-state index contributed by atoms with van der Waals surface area (Å²) in [5, 5.41) is 7.69. The molecule has 0 aliphatic rings. The number of methoxy groups -OCH3 is 1. The van der Waals surface area contributed by atoms with E-state index in [2.05, 4.69) is 20.7 Å². The molecule has 0 saturated carbocycles. The molecule has 0 aromatic heterocycles. The van der Waals surface area contributed by atoms with Crippen molar-refractivity contribution in [1.29, 1.82) is 0 Å². The van der Waals surface area contributed by atoms with Crippen molar-refractivity contribution in [1.82, 2.24) is 16.0 Å². The lowest BCUT2D eigenvalue weighted by Gasteiger charge is -2.25. The maximum atomic E-state index is 12.8. The Kier molecular flexibility index (Phi) is 11.1. The van der Waals surface area contributed by atoms with Gasteiger partial charge in [-0.15, -0.1) is 0 Å². The van der Waals surface area contributed by atoms with E-state index in [9.17, 15) is 19.2 Å². The number of carbonyl (C=O) groups is 4. The van der Waals surface area contributed by atoms with Gasteiger partial charge in [0.2, 0.25) is 11.8 Å². The second-order valence-corrected chi connectivity index (χ2v) is 7.91. The summed E-state index contributed by atoms with van der Waals surface area (Å²) in [6, 6.07) is 7.43. The van der Waals surface area contributed by atoms with Gasteiger partial charge in [-0.2, -0.15) is 0 Å². The molecular weight excluding hydrogens is 402 g/mol. The first-order valence-electron chi connectivity index (χ1n) is 10.3. The number of esters is 1. The number of nitrogens with one attached hydrogen (secondary N) is 3. The Balaban J connectivity index is 2.74. The van der Waals surface area contributed by atoms with Crippen LogP contribution in [0.2, 0.25) is 0 Å². The molecule has 31 heavy (non-hydrogen) atoms. The van der Waals surface area contributed by atoms with Crippen LogP contribution < -0.4 is 16.0 Å². The molecule has 9 heteroatoms. The van der Waals surface area contributed by atoms with E-state index in [-0.39, 0.29) is 25.0 Å². The summed E-state index contributed by atoms with van der Waals surface area (Å²) in [6.07, 6.45) is -0.359. The van der Waals surface area contributed by atoms with Crippen molar-refractivity contribution in [3.05, 3.63) is 35.9 Å². The van der Waals surface area contributed by atoms with Gasteiger partial charge in [0.05, 0.1) is 7.11 Å². The van der Waals surface area contributed by atoms with Crippen LogP contribution in [0.25, 0.3) is 0 Å². The smallest absolute Gasteiger partial charge is 0.408 e. The van der Waals surface area contributed by atoms with E-state index in [0.29, 0.717) is 6.42 Å². The zero-order chi connectivity index (χ0) is 23.4. The second kappa shape index (κ2) is 13.3. The van der Waals surface area contributed by atoms with Crippen LogP contribution in [0.15, 0.2) is 30.3 Å². The maximum absolute atomic E-state index is 12.8. The molecule has 2 atom stereocenters. The van der Waals surface area contributed by atoms with Crippen molar-refractivity contribution in [2.75, 3.05) is 13.7 Å². The van der Waals surface area contributed by atoms with Crippen LogP contribution in [-0.2, 0) is 30.5 Å². The maximum Gasteiger partial charge on any atom is 0.408 e. The van der Waals surface area contributed by atoms with Crippen LogP contribution in [0.4, 0.5) is 4.79 Å². The van der Waals surface area contributed by atoms with Crippen LogP contribution in [0.3, 0.4) is 0 Å². The highest BCUT2D eigenvalue weighted by molar-refractivity contribution is 5.92. The number of hydrogen-bond donors (Lipinski definition) is 3. The van der Waals surface area contributed by atoms with Gasteiger partial charge in [0.15, 0.2) is 0 Å². The zero-order valence-electron chi connectivity index (χ0n) is 18.8. The molecule has 1 rings (SSSR count). The Bertz CT molecular complexity index is 736. The van der Waals surface area contributed by atoms with Crippen molar-refractivity contribution in [2.45, 2.75) is 52.8 Å². The Morgan fingerprint density at radius 3 is 2.13 bits per heavy atom. The van der Waals surface area contributed by atoms with Crippen molar-refractivity contribution < 1.29 is 28.7 Å². The van der Waals surface area contributed by atoms with Gasteiger partial charge in [-0.1, -0.05) is 58.0 Å². The van der Waals surface area contributed by atoms with E-state index in [1.165, 1.54) is 7.11 Å². The lowest BCUT2D eigenvalue weighted by atomic mass is 10.00.